The van der Waals surface area contributed by atoms with E-state index in [0.717, 1.165) is 25.5 Å². The first kappa shape index (κ1) is 12.3. The lowest BCUT2D eigenvalue weighted by Gasteiger charge is -2.18. The van der Waals surface area contributed by atoms with Crippen molar-refractivity contribution in [2.24, 2.45) is 0 Å². The Kier molecular flexibility index (Phi) is 7.55. The summed E-state index contributed by atoms with van der Waals surface area (Å²) in [6, 6.07) is 0. The molecule has 1 rings (SSSR count). The maximum atomic E-state index is 5.42. The van der Waals surface area contributed by atoms with Gasteiger partial charge in [-0.1, -0.05) is 12.8 Å². The van der Waals surface area contributed by atoms with E-state index in [2.05, 4.69) is 17.5 Å². The third-order valence-corrected chi connectivity index (χ3v) is 3.01. The van der Waals surface area contributed by atoms with Gasteiger partial charge < -0.3 is 9.64 Å². The Morgan fingerprint density at radius 1 is 1.00 bits per heavy atom. The molecule has 2 nitrogen and oxygen atoms in total. The first-order chi connectivity index (χ1) is 6.93. The average molecular weight is 217 g/mol. The second-order valence-electron chi connectivity index (χ2n) is 3.95. The predicted octanol–water partition coefficient (Wildman–Crippen LogP) is 2.20. The Labute approximate surface area is 93.4 Å². The molecule has 0 N–H and O–H groups in total. The number of nitrogens with zero attached hydrogens (tertiary/aromatic N) is 1. The van der Waals surface area contributed by atoms with Crippen molar-refractivity contribution in [3.63, 3.8) is 0 Å². The smallest absolute Gasteiger partial charge is 0.0593 e. The van der Waals surface area contributed by atoms with Gasteiger partial charge in [0, 0.05) is 19.7 Å². The van der Waals surface area contributed by atoms with E-state index in [1.54, 1.807) is 0 Å². The molecule has 0 bridgehead atoms. The quantitative estimate of drug-likeness (QED) is 0.541. The molecule has 0 atom stereocenters. The van der Waals surface area contributed by atoms with E-state index >= 15 is 0 Å². The average Bonchev–Trinajstić information content (AvgIpc) is 2.46. The number of hydrogen-bond donors (Lipinski definition) is 1. The topological polar surface area (TPSA) is 12.5 Å². The molecule has 0 spiro atoms. The highest BCUT2D eigenvalue weighted by Crippen LogP contribution is 2.05. The highest BCUT2D eigenvalue weighted by molar-refractivity contribution is 7.80. The van der Waals surface area contributed by atoms with Gasteiger partial charge in [0.25, 0.3) is 0 Å². The van der Waals surface area contributed by atoms with Crippen LogP contribution in [0.1, 0.15) is 32.1 Å². The van der Waals surface area contributed by atoms with Crippen molar-refractivity contribution in [1.29, 1.82) is 0 Å². The Bertz CT molecular complexity index is 124. The van der Waals surface area contributed by atoms with Gasteiger partial charge in [-0.15, -0.1) is 0 Å². The third-order valence-electron chi connectivity index (χ3n) is 2.70. The molecule has 0 unspecified atom stereocenters. The molecule has 0 saturated carbocycles. The van der Waals surface area contributed by atoms with Crippen LogP contribution in [0.3, 0.4) is 0 Å². The van der Waals surface area contributed by atoms with Crippen molar-refractivity contribution in [1.82, 2.24) is 4.90 Å². The lowest BCUT2D eigenvalue weighted by Crippen LogP contribution is -2.27. The summed E-state index contributed by atoms with van der Waals surface area (Å²) in [7, 11) is 0. The number of ether oxygens (including phenoxy) is 1. The molecule has 1 aliphatic heterocycles. The Balaban J connectivity index is 1.93. The molecule has 84 valence electrons. The van der Waals surface area contributed by atoms with Gasteiger partial charge in [-0.25, -0.2) is 0 Å². The van der Waals surface area contributed by atoms with Gasteiger partial charge in [0.05, 0.1) is 6.61 Å². The zero-order valence-electron chi connectivity index (χ0n) is 9.08. The number of rotatable bonds is 6. The van der Waals surface area contributed by atoms with Crippen LogP contribution in [-0.4, -0.2) is 43.5 Å². The van der Waals surface area contributed by atoms with E-state index in [9.17, 15) is 0 Å². The van der Waals surface area contributed by atoms with Crippen molar-refractivity contribution < 1.29 is 4.74 Å². The molecule has 1 saturated heterocycles. The van der Waals surface area contributed by atoms with E-state index < -0.39 is 0 Å². The lowest BCUT2D eigenvalue weighted by atomic mass is 10.2. The highest BCUT2D eigenvalue weighted by atomic mass is 32.1. The van der Waals surface area contributed by atoms with Crippen LogP contribution in [0.25, 0.3) is 0 Å². The first-order valence-electron chi connectivity index (χ1n) is 5.84. The summed E-state index contributed by atoms with van der Waals surface area (Å²) in [6.45, 7) is 5.50. The van der Waals surface area contributed by atoms with Crippen LogP contribution >= 0.6 is 12.6 Å². The maximum Gasteiger partial charge on any atom is 0.0593 e. The highest BCUT2D eigenvalue weighted by Gasteiger charge is 2.07. The zero-order valence-corrected chi connectivity index (χ0v) is 9.98. The largest absolute Gasteiger partial charge is 0.380 e. The van der Waals surface area contributed by atoms with Gasteiger partial charge in [0.2, 0.25) is 0 Å². The SMILES string of the molecule is SCCCCCCN1CCCOCC1. The van der Waals surface area contributed by atoms with Crippen LogP contribution < -0.4 is 0 Å². The molecular formula is C11H23NOS. The summed E-state index contributed by atoms with van der Waals surface area (Å²) >= 11 is 4.21. The summed E-state index contributed by atoms with van der Waals surface area (Å²) in [5, 5.41) is 0. The van der Waals surface area contributed by atoms with Gasteiger partial charge in [0.15, 0.2) is 0 Å². The van der Waals surface area contributed by atoms with Gasteiger partial charge in [0.1, 0.15) is 0 Å². The van der Waals surface area contributed by atoms with E-state index in [-0.39, 0.29) is 0 Å². The van der Waals surface area contributed by atoms with E-state index in [1.165, 1.54) is 45.2 Å². The molecule has 14 heavy (non-hydrogen) atoms. The summed E-state index contributed by atoms with van der Waals surface area (Å²) in [4.78, 5) is 2.54. The summed E-state index contributed by atoms with van der Waals surface area (Å²) in [6.07, 6.45) is 6.52. The number of unbranched alkanes of at least 4 members (excludes halogenated alkanes) is 3. The molecule has 3 heteroatoms. The minimum atomic E-state index is 0.927. The van der Waals surface area contributed by atoms with Crippen molar-refractivity contribution in [2.45, 2.75) is 32.1 Å². The van der Waals surface area contributed by atoms with Gasteiger partial charge in [-0.3, -0.25) is 0 Å². The van der Waals surface area contributed by atoms with Crippen LogP contribution in [0, 0.1) is 0 Å². The second-order valence-corrected chi connectivity index (χ2v) is 4.39. The van der Waals surface area contributed by atoms with Crippen LogP contribution in [0.5, 0.6) is 0 Å². The summed E-state index contributed by atoms with van der Waals surface area (Å²) in [5.74, 6) is 1.04. The molecule has 1 aliphatic rings. The molecule has 1 heterocycles. The number of hydrogen-bond acceptors (Lipinski definition) is 3. The van der Waals surface area contributed by atoms with Crippen molar-refractivity contribution >= 4 is 12.6 Å². The lowest BCUT2D eigenvalue weighted by molar-refractivity contribution is 0.141. The summed E-state index contributed by atoms with van der Waals surface area (Å²) in [5.41, 5.74) is 0. The predicted molar refractivity (Wildman–Crippen MR) is 64.2 cm³/mol. The molecule has 0 aromatic rings. The number of thiol groups is 1. The minimum Gasteiger partial charge on any atom is -0.380 e. The van der Waals surface area contributed by atoms with Crippen molar-refractivity contribution in [3.05, 3.63) is 0 Å². The normalized spacial score (nSPS) is 19.5. The monoisotopic (exact) mass is 217 g/mol. The van der Waals surface area contributed by atoms with Crippen LogP contribution in [0.15, 0.2) is 0 Å². The van der Waals surface area contributed by atoms with Crippen LogP contribution in [0.2, 0.25) is 0 Å². The Morgan fingerprint density at radius 3 is 2.71 bits per heavy atom. The van der Waals surface area contributed by atoms with Crippen molar-refractivity contribution in [3.8, 4) is 0 Å². The van der Waals surface area contributed by atoms with Gasteiger partial charge >= 0.3 is 0 Å². The molecule has 0 amide bonds. The molecule has 1 fully saturated rings. The fourth-order valence-corrected chi connectivity index (χ4v) is 2.05. The molecule has 0 aromatic carbocycles. The first-order valence-corrected chi connectivity index (χ1v) is 6.47. The molecule has 0 aromatic heterocycles. The van der Waals surface area contributed by atoms with Gasteiger partial charge in [-0.2, -0.15) is 12.6 Å². The van der Waals surface area contributed by atoms with E-state index in [0.29, 0.717) is 0 Å². The molecule has 0 radical (unpaired) electrons. The van der Waals surface area contributed by atoms with E-state index in [1.807, 2.05) is 0 Å². The second kappa shape index (κ2) is 8.57. The Morgan fingerprint density at radius 2 is 1.86 bits per heavy atom. The fourth-order valence-electron chi connectivity index (χ4n) is 1.82. The molecular weight excluding hydrogens is 194 g/mol. The van der Waals surface area contributed by atoms with Crippen LogP contribution in [0.4, 0.5) is 0 Å². The van der Waals surface area contributed by atoms with E-state index in [4.69, 9.17) is 4.74 Å². The minimum absolute atomic E-state index is 0.927. The van der Waals surface area contributed by atoms with Crippen LogP contribution in [-0.2, 0) is 4.74 Å². The third kappa shape index (κ3) is 5.89. The Hall–Kier alpha value is 0.270. The fraction of sp³-hybridized carbons (Fsp3) is 1.00. The van der Waals surface area contributed by atoms with Gasteiger partial charge in [-0.05, 0) is 31.6 Å². The molecule has 0 aliphatic carbocycles. The standard InChI is InChI=1S/C11H23NOS/c14-11-4-2-1-3-6-12-7-5-9-13-10-8-12/h14H,1-11H2. The summed E-state index contributed by atoms with van der Waals surface area (Å²) < 4.78 is 5.42. The maximum absolute atomic E-state index is 5.42. The van der Waals surface area contributed by atoms with Crippen molar-refractivity contribution in [2.75, 3.05) is 38.6 Å². The zero-order chi connectivity index (χ0) is 10.1.